The second kappa shape index (κ2) is 10.0. The molecule has 0 aliphatic carbocycles. The summed E-state index contributed by atoms with van der Waals surface area (Å²) in [4.78, 5) is 11.2. The van der Waals surface area contributed by atoms with E-state index < -0.39 is 0 Å². The lowest BCUT2D eigenvalue weighted by Crippen LogP contribution is -2.00. The van der Waals surface area contributed by atoms with Crippen molar-refractivity contribution < 1.29 is 14.9 Å². The number of hydrogen-bond donors (Lipinski definition) is 1. The lowest BCUT2D eigenvalue weighted by atomic mass is 11.7. The van der Waals surface area contributed by atoms with E-state index in [1.165, 1.54) is 0 Å². The topological polar surface area (TPSA) is 85.9 Å². The Bertz CT molecular complexity index is 20.9. The van der Waals surface area contributed by atoms with E-state index in [2.05, 4.69) is 4.89 Å². The predicted molar refractivity (Wildman–Crippen MR) is 13.1 cm³/mol. The standard InChI is InChI=1S/CH2O3.H3N/c2-1-4-3;/h1,3H;1H3. The first kappa shape index (κ1) is 8.83. The summed E-state index contributed by atoms with van der Waals surface area (Å²) in [7, 11) is 0. The lowest BCUT2D eigenvalue weighted by molar-refractivity contribution is -0.652. The number of rotatable bonds is 1. The van der Waals surface area contributed by atoms with Gasteiger partial charge < -0.3 is 16.3 Å². The summed E-state index contributed by atoms with van der Waals surface area (Å²) in [5, 5.41) is 8.43. The Morgan fingerprint density at radius 3 is 2.00 bits per heavy atom. The summed E-state index contributed by atoms with van der Waals surface area (Å²) in [5.41, 5.74) is 0. The predicted octanol–water partition coefficient (Wildman–Crippen LogP) is -1.19. The largest absolute Gasteiger partial charge is 0.662 e. The minimum Gasteiger partial charge on any atom is -0.662 e. The Balaban J connectivity index is 0. The van der Waals surface area contributed by atoms with Gasteiger partial charge in [-0.2, -0.15) is 0 Å². The van der Waals surface area contributed by atoms with Crippen molar-refractivity contribution >= 4 is 6.47 Å². The molecule has 0 unspecified atom stereocenters. The molecule has 4 nitrogen and oxygen atoms in total. The first-order chi connectivity index (χ1) is 1.91. The van der Waals surface area contributed by atoms with Crippen LogP contribution < -0.4 is 11.4 Å². The number of hydrogen-bond acceptors (Lipinski definition) is 3. The molecule has 32 valence electrons. The molecule has 0 saturated carbocycles. The van der Waals surface area contributed by atoms with E-state index in [9.17, 15) is 0 Å². The SMILES string of the molecule is O=CO[O-].[NH4+]. The molecule has 0 spiro atoms. The van der Waals surface area contributed by atoms with Crippen molar-refractivity contribution in [3.8, 4) is 0 Å². The molecule has 4 heteroatoms. The highest BCUT2D eigenvalue weighted by Gasteiger charge is 1.34. The van der Waals surface area contributed by atoms with E-state index in [-0.39, 0.29) is 12.6 Å². The summed E-state index contributed by atoms with van der Waals surface area (Å²) in [6, 6.07) is 0. The second-order valence-corrected chi connectivity index (χ2v) is 0.192. The molecule has 0 bridgehead atoms. The van der Waals surface area contributed by atoms with Crippen molar-refractivity contribution in [3.05, 3.63) is 0 Å². The maximum atomic E-state index is 8.64. The fraction of sp³-hybridized carbons (Fsp3) is 0. The van der Waals surface area contributed by atoms with Crippen LogP contribution in [0.1, 0.15) is 0 Å². The molecule has 0 aromatic rings. The van der Waals surface area contributed by atoms with Gasteiger partial charge in [0.25, 0.3) is 6.47 Å². The van der Waals surface area contributed by atoms with Gasteiger partial charge in [0.05, 0.1) is 0 Å². The van der Waals surface area contributed by atoms with Gasteiger partial charge in [-0.1, -0.05) is 0 Å². The molecule has 0 fully saturated rings. The third-order valence-corrected chi connectivity index (χ3v) is 0.0393. The van der Waals surface area contributed by atoms with Crippen molar-refractivity contribution in [2.75, 3.05) is 0 Å². The summed E-state index contributed by atoms with van der Waals surface area (Å²) < 4.78 is 0. The molecule has 0 saturated heterocycles. The summed E-state index contributed by atoms with van der Waals surface area (Å²) in [6.07, 6.45) is 0. The highest BCUT2D eigenvalue weighted by atomic mass is 17.1. The Morgan fingerprint density at radius 2 is 2.00 bits per heavy atom. The van der Waals surface area contributed by atoms with E-state index in [4.69, 9.17) is 10.1 Å². The minimum atomic E-state index is -0.181. The van der Waals surface area contributed by atoms with Crippen LogP contribution in [0.5, 0.6) is 0 Å². The summed E-state index contributed by atoms with van der Waals surface area (Å²) in [5.74, 6) is 0. The molecule has 5 heavy (non-hydrogen) atoms. The minimum absolute atomic E-state index is 0. The molecule has 0 aliphatic rings. The highest BCUT2D eigenvalue weighted by molar-refractivity contribution is 5.35. The van der Waals surface area contributed by atoms with Crippen molar-refractivity contribution in [1.82, 2.24) is 6.15 Å². The summed E-state index contributed by atoms with van der Waals surface area (Å²) >= 11 is 0. The van der Waals surface area contributed by atoms with Crippen LogP contribution in [-0.2, 0) is 9.68 Å². The molecular formula is CH5NO3. The average molecular weight is 79.1 g/mol. The smallest absolute Gasteiger partial charge is 0.287 e. The third kappa shape index (κ3) is 43.1. The fourth-order valence-electron chi connectivity index (χ4n) is 0. The average Bonchev–Trinajstić information content (AvgIpc) is 1.37. The monoisotopic (exact) mass is 79.0 g/mol. The molecule has 0 atom stereocenters. The van der Waals surface area contributed by atoms with Gasteiger partial charge in [-0.05, 0) is 0 Å². The second-order valence-electron chi connectivity index (χ2n) is 0.192. The fourth-order valence-corrected chi connectivity index (χ4v) is 0. The highest BCUT2D eigenvalue weighted by Crippen LogP contribution is 1.22. The van der Waals surface area contributed by atoms with E-state index in [1.807, 2.05) is 0 Å². The van der Waals surface area contributed by atoms with Gasteiger partial charge in [0.1, 0.15) is 0 Å². The van der Waals surface area contributed by atoms with Crippen molar-refractivity contribution in [1.29, 1.82) is 0 Å². The molecule has 0 aromatic carbocycles. The third-order valence-electron chi connectivity index (χ3n) is 0.0393. The zero-order valence-corrected chi connectivity index (χ0v) is 2.80. The van der Waals surface area contributed by atoms with E-state index in [1.54, 1.807) is 0 Å². The molecule has 0 radical (unpaired) electrons. The van der Waals surface area contributed by atoms with Gasteiger partial charge in [0.2, 0.25) is 0 Å². The van der Waals surface area contributed by atoms with Crippen molar-refractivity contribution in [2.24, 2.45) is 0 Å². The maximum Gasteiger partial charge on any atom is 0.287 e. The van der Waals surface area contributed by atoms with Gasteiger partial charge in [0, 0.05) is 0 Å². The van der Waals surface area contributed by atoms with Crippen molar-refractivity contribution in [3.63, 3.8) is 0 Å². The molecule has 4 N–H and O–H groups in total. The Morgan fingerprint density at radius 1 is 1.80 bits per heavy atom. The van der Waals surface area contributed by atoms with E-state index in [0.29, 0.717) is 0 Å². The Labute approximate surface area is 28.9 Å². The molecule has 0 aromatic heterocycles. The normalized spacial score (nSPS) is 4.20. The number of carbonyl (C=O) groups excluding carboxylic acids is 1. The molecular weight excluding hydrogens is 74.0 g/mol. The molecule has 0 amide bonds. The summed E-state index contributed by atoms with van der Waals surface area (Å²) in [6.45, 7) is -0.181. The van der Waals surface area contributed by atoms with Crippen LogP contribution in [0.3, 0.4) is 0 Å². The van der Waals surface area contributed by atoms with Crippen molar-refractivity contribution in [2.45, 2.75) is 0 Å². The Hall–Kier alpha value is -0.610. The Kier molecular flexibility index (Phi) is 17.7. The quantitative estimate of drug-likeness (QED) is 0.243. The van der Waals surface area contributed by atoms with Crippen LogP contribution in [0, 0.1) is 0 Å². The zero-order valence-electron chi connectivity index (χ0n) is 2.80. The van der Waals surface area contributed by atoms with Crippen LogP contribution in [0.15, 0.2) is 0 Å². The van der Waals surface area contributed by atoms with Crippen LogP contribution in [-0.4, -0.2) is 6.47 Å². The van der Waals surface area contributed by atoms with E-state index in [0.717, 1.165) is 0 Å². The van der Waals surface area contributed by atoms with Gasteiger partial charge in [0.15, 0.2) is 0 Å². The van der Waals surface area contributed by atoms with E-state index >= 15 is 0 Å². The maximum absolute atomic E-state index is 8.64. The van der Waals surface area contributed by atoms with Crippen LogP contribution >= 0.6 is 0 Å². The van der Waals surface area contributed by atoms with Crippen LogP contribution in [0.4, 0.5) is 0 Å². The molecule has 0 aliphatic heterocycles. The lowest BCUT2D eigenvalue weighted by Gasteiger charge is -1.88. The first-order valence-electron chi connectivity index (χ1n) is 0.638. The van der Waals surface area contributed by atoms with Gasteiger partial charge in [-0.25, -0.2) is 0 Å². The number of carbonyl (C=O) groups is 1. The van der Waals surface area contributed by atoms with Gasteiger partial charge in [-0.15, -0.1) is 0 Å². The van der Waals surface area contributed by atoms with Gasteiger partial charge >= 0.3 is 0 Å². The first-order valence-corrected chi connectivity index (χ1v) is 0.638. The zero-order chi connectivity index (χ0) is 3.41. The van der Waals surface area contributed by atoms with Crippen LogP contribution in [0.2, 0.25) is 0 Å². The molecule has 0 heterocycles. The molecule has 0 rings (SSSR count). The van der Waals surface area contributed by atoms with Gasteiger partial charge in [-0.3, -0.25) is 4.79 Å². The number of quaternary nitrogens is 1. The van der Waals surface area contributed by atoms with Crippen LogP contribution in [0.25, 0.3) is 0 Å².